The van der Waals surface area contributed by atoms with Crippen molar-refractivity contribution in [3.05, 3.63) is 60.8 Å². The second-order valence-electron chi connectivity index (χ2n) is 13.1. The molecule has 296 valence electrons. The van der Waals surface area contributed by atoms with Gasteiger partial charge in [-0.1, -0.05) is 139 Å². The largest absolute Gasteiger partial charge is 0.479 e. The molecule has 0 aliphatic carbocycles. The molecule has 52 heavy (non-hydrogen) atoms. The second kappa shape index (κ2) is 31.4. The summed E-state index contributed by atoms with van der Waals surface area (Å²) in [5, 5.41) is 39.6. The van der Waals surface area contributed by atoms with Crippen molar-refractivity contribution in [1.29, 1.82) is 0 Å². The Morgan fingerprint density at radius 1 is 0.615 bits per heavy atom. The maximum absolute atomic E-state index is 12.7. The van der Waals surface area contributed by atoms with Crippen LogP contribution in [0.1, 0.15) is 129 Å². The van der Waals surface area contributed by atoms with Crippen molar-refractivity contribution in [3.63, 3.8) is 0 Å². The summed E-state index contributed by atoms with van der Waals surface area (Å²) in [6.45, 7) is 3.56. The van der Waals surface area contributed by atoms with Gasteiger partial charge in [0.15, 0.2) is 18.5 Å². The fraction of sp³-hybridized carbons (Fsp3) is 0.683. The molecule has 1 saturated heterocycles. The second-order valence-corrected chi connectivity index (χ2v) is 13.1. The third-order valence-corrected chi connectivity index (χ3v) is 8.41. The highest BCUT2D eigenvalue weighted by Crippen LogP contribution is 2.23. The summed E-state index contributed by atoms with van der Waals surface area (Å²) in [7, 11) is 0. The number of aliphatic carboxylic acids is 1. The summed E-state index contributed by atoms with van der Waals surface area (Å²) < 4.78 is 21.5. The van der Waals surface area contributed by atoms with Gasteiger partial charge in [0.1, 0.15) is 24.9 Å². The minimum Gasteiger partial charge on any atom is -0.479 e. The van der Waals surface area contributed by atoms with Crippen LogP contribution in [0.25, 0.3) is 0 Å². The Bertz CT molecular complexity index is 1100. The van der Waals surface area contributed by atoms with Crippen molar-refractivity contribution in [2.45, 2.75) is 166 Å². The Labute approximate surface area is 311 Å². The summed E-state index contributed by atoms with van der Waals surface area (Å²) >= 11 is 0. The van der Waals surface area contributed by atoms with Crippen molar-refractivity contribution in [2.75, 3.05) is 13.2 Å². The monoisotopic (exact) mass is 734 g/mol. The number of rotatable bonds is 30. The minimum atomic E-state index is -1.87. The van der Waals surface area contributed by atoms with Crippen LogP contribution in [-0.2, 0) is 33.3 Å². The summed E-state index contributed by atoms with van der Waals surface area (Å²) in [6.07, 6.45) is 27.4. The molecule has 1 heterocycles. The van der Waals surface area contributed by atoms with Crippen LogP contribution in [0.2, 0.25) is 0 Å². The number of unbranched alkanes of at least 4 members (excludes halogenated alkanes) is 10. The van der Waals surface area contributed by atoms with Gasteiger partial charge in [-0.05, 0) is 38.5 Å². The third kappa shape index (κ3) is 23.5. The Morgan fingerprint density at radius 2 is 1.12 bits per heavy atom. The van der Waals surface area contributed by atoms with Gasteiger partial charge in [-0.25, -0.2) is 4.79 Å². The molecule has 0 aromatic rings. The number of carboxylic acid groups (broad SMARTS) is 1. The molecule has 0 aromatic carbocycles. The van der Waals surface area contributed by atoms with Crippen molar-refractivity contribution in [2.24, 2.45) is 0 Å². The Morgan fingerprint density at radius 3 is 1.63 bits per heavy atom. The lowest BCUT2D eigenvalue weighted by Gasteiger charge is -2.38. The number of carboxylic acids is 1. The van der Waals surface area contributed by atoms with Gasteiger partial charge in [0.2, 0.25) is 0 Å². The first-order chi connectivity index (χ1) is 25.2. The SMILES string of the molecule is CC/C=C\C/C=C\C/C=C\C/C=C\C/C=C\CC(=O)OCC(COC1OC(C(=O)O)C(O)C(O)C1O)OC(=O)CCCCCCCCCCCCC. The van der Waals surface area contributed by atoms with Gasteiger partial charge in [0.05, 0.1) is 13.0 Å². The van der Waals surface area contributed by atoms with E-state index in [2.05, 4.69) is 50.3 Å². The first-order valence-electron chi connectivity index (χ1n) is 19.3. The zero-order chi connectivity index (χ0) is 38.2. The van der Waals surface area contributed by atoms with Crippen LogP contribution < -0.4 is 0 Å². The summed E-state index contributed by atoms with van der Waals surface area (Å²) in [4.78, 5) is 36.5. The van der Waals surface area contributed by atoms with E-state index in [1.165, 1.54) is 44.9 Å². The highest BCUT2D eigenvalue weighted by molar-refractivity contribution is 5.73. The number of aliphatic hydroxyl groups is 3. The fourth-order valence-corrected chi connectivity index (χ4v) is 5.36. The zero-order valence-corrected chi connectivity index (χ0v) is 31.5. The number of ether oxygens (including phenoxy) is 4. The van der Waals surface area contributed by atoms with Crippen LogP contribution in [0, 0.1) is 0 Å². The highest BCUT2D eigenvalue weighted by Gasteiger charge is 2.47. The molecule has 0 aromatic heterocycles. The number of esters is 2. The Balaban J connectivity index is 2.51. The predicted molar refractivity (Wildman–Crippen MR) is 201 cm³/mol. The van der Waals surface area contributed by atoms with Gasteiger partial charge in [-0.2, -0.15) is 0 Å². The lowest BCUT2D eigenvalue weighted by Crippen LogP contribution is -2.60. The topological polar surface area (TPSA) is 169 Å². The molecule has 0 radical (unpaired) electrons. The molecule has 11 nitrogen and oxygen atoms in total. The van der Waals surface area contributed by atoms with E-state index >= 15 is 0 Å². The highest BCUT2D eigenvalue weighted by atomic mass is 16.7. The van der Waals surface area contributed by atoms with Crippen LogP contribution in [0.3, 0.4) is 0 Å². The van der Waals surface area contributed by atoms with E-state index in [0.717, 1.165) is 44.9 Å². The molecule has 1 aliphatic heterocycles. The third-order valence-electron chi connectivity index (χ3n) is 8.41. The van der Waals surface area contributed by atoms with Crippen LogP contribution in [0.5, 0.6) is 0 Å². The quantitative estimate of drug-likeness (QED) is 0.0335. The van der Waals surface area contributed by atoms with Gasteiger partial charge >= 0.3 is 17.9 Å². The van der Waals surface area contributed by atoms with Crippen LogP contribution >= 0.6 is 0 Å². The molecule has 0 saturated carbocycles. The maximum Gasteiger partial charge on any atom is 0.335 e. The number of hydrogen-bond acceptors (Lipinski definition) is 10. The van der Waals surface area contributed by atoms with Gasteiger partial charge in [0.25, 0.3) is 0 Å². The van der Waals surface area contributed by atoms with Crippen molar-refractivity contribution in [1.82, 2.24) is 0 Å². The molecule has 1 rings (SSSR count). The van der Waals surface area contributed by atoms with Gasteiger partial charge in [-0.3, -0.25) is 9.59 Å². The van der Waals surface area contributed by atoms with E-state index < -0.39 is 61.3 Å². The molecule has 0 spiro atoms. The molecule has 0 bridgehead atoms. The standard InChI is InChI=1S/C41H66O11/c1-3-5-7-9-11-13-15-16-17-18-20-21-23-25-27-29-34(42)49-31-33(32-50-41-38(46)36(44)37(45)39(52-41)40(47)48)51-35(43)30-28-26-24-22-19-14-12-10-8-6-4-2/h5,7,11,13,16-17,20-21,25,27,33,36-39,41,44-46H,3-4,6,8-10,12,14-15,18-19,22-24,26,28-32H2,1-2H3,(H,47,48)/b7-5-,13-11-,17-16-,21-20-,27-25-. The summed E-state index contributed by atoms with van der Waals surface area (Å²) in [5.41, 5.74) is 0. The predicted octanol–water partition coefficient (Wildman–Crippen LogP) is 7.19. The maximum atomic E-state index is 12.7. The van der Waals surface area contributed by atoms with Crippen LogP contribution in [0.4, 0.5) is 0 Å². The lowest BCUT2D eigenvalue weighted by molar-refractivity contribution is -0.298. The van der Waals surface area contributed by atoms with E-state index in [0.29, 0.717) is 12.8 Å². The average molecular weight is 735 g/mol. The van der Waals surface area contributed by atoms with E-state index in [4.69, 9.17) is 18.9 Å². The summed E-state index contributed by atoms with van der Waals surface area (Å²) in [5.74, 6) is -2.61. The first kappa shape index (κ1) is 46.9. The number of carbonyl (C=O) groups excluding carboxylic acids is 2. The molecular formula is C41H66O11. The van der Waals surface area contributed by atoms with Gasteiger partial charge in [-0.15, -0.1) is 0 Å². The smallest absolute Gasteiger partial charge is 0.335 e. The molecule has 6 unspecified atom stereocenters. The first-order valence-corrected chi connectivity index (χ1v) is 19.3. The lowest BCUT2D eigenvalue weighted by atomic mass is 9.99. The number of aliphatic hydroxyl groups excluding tert-OH is 3. The van der Waals surface area contributed by atoms with Crippen molar-refractivity contribution in [3.8, 4) is 0 Å². The van der Waals surface area contributed by atoms with E-state index in [9.17, 15) is 34.8 Å². The molecule has 1 aliphatic rings. The minimum absolute atomic E-state index is 0.00259. The molecule has 6 atom stereocenters. The molecule has 11 heteroatoms. The van der Waals surface area contributed by atoms with E-state index in [1.54, 1.807) is 6.08 Å². The Hall–Kier alpha value is -3.09. The number of hydrogen-bond donors (Lipinski definition) is 4. The normalized spacial score (nSPS) is 21.6. The summed E-state index contributed by atoms with van der Waals surface area (Å²) in [6, 6.07) is 0. The van der Waals surface area contributed by atoms with Crippen molar-refractivity contribution < 1.29 is 53.8 Å². The molecule has 1 fully saturated rings. The van der Waals surface area contributed by atoms with Crippen LogP contribution in [-0.4, -0.2) is 88.4 Å². The van der Waals surface area contributed by atoms with E-state index in [-0.39, 0.29) is 19.4 Å². The van der Waals surface area contributed by atoms with Gasteiger partial charge < -0.3 is 39.4 Å². The number of allylic oxidation sites excluding steroid dienone is 9. The molecule has 0 amide bonds. The molecular weight excluding hydrogens is 668 g/mol. The van der Waals surface area contributed by atoms with Crippen LogP contribution in [0.15, 0.2) is 60.8 Å². The van der Waals surface area contributed by atoms with E-state index in [1.807, 2.05) is 18.2 Å². The average Bonchev–Trinajstić information content (AvgIpc) is 3.12. The fourth-order valence-electron chi connectivity index (χ4n) is 5.36. The van der Waals surface area contributed by atoms with Gasteiger partial charge in [0, 0.05) is 6.42 Å². The Kier molecular flexibility index (Phi) is 28.4. The zero-order valence-electron chi connectivity index (χ0n) is 31.5. The number of carbonyl (C=O) groups is 3. The molecule has 4 N–H and O–H groups in total. The van der Waals surface area contributed by atoms with Crippen molar-refractivity contribution >= 4 is 17.9 Å².